The molecular weight excluding hydrogens is 402 g/mol. The summed E-state index contributed by atoms with van der Waals surface area (Å²) in [4.78, 5) is 25.9. The summed E-state index contributed by atoms with van der Waals surface area (Å²) in [5.41, 5.74) is 2.06. The number of fused-ring (bicyclic) bond motifs is 2. The second-order valence-corrected chi connectivity index (χ2v) is 7.02. The molecule has 4 rings (SSSR count). The van der Waals surface area contributed by atoms with Crippen LogP contribution in [0.5, 0.6) is 0 Å². The smallest absolute Gasteiger partial charge is 0.479 e. The molecule has 1 unspecified atom stereocenters. The van der Waals surface area contributed by atoms with E-state index < -0.39 is 23.7 Å². The van der Waals surface area contributed by atoms with Crippen LogP contribution in [0.4, 0.5) is 4.39 Å². The molecule has 0 aliphatic carbocycles. The van der Waals surface area contributed by atoms with Crippen molar-refractivity contribution in [2.24, 2.45) is 0 Å². The molecule has 1 aromatic heterocycles. The Morgan fingerprint density at radius 1 is 1.36 bits per heavy atom. The molecule has 0 fully saturated rings. The molecule has 1 N–H and O–H groups in total. The van der Waals surface area contributed by atoms with Crippen LogP contribution < -0.4 is 29.6 Å². The number of rotatable bonds is 3. The van der Waals surface area contributed by atoms with Gasteiger partial charge in [-0.15, -0.1) is 0 Å². The van der Waals surface area contributed by atoms with Crippen LogP contribution in [0.3, 0.4) is 0 Å². The molecule has 0 saturated heterocycles. The first kappa shape index (κ1) is 18.6. The number of hydrogen-bond acceptors (Lipinski definition) is 2. The van der Waals surface area contributed by atoms with Gasteiger partial charge in [-0.3, -0.25) is 4.79 Å². The Morgan fingerprint density at radius 3 is 2.84 bits per heavy atom. The molecule has 1 amide bonds. The van der Waals surface area contributed by atoms with E-state index in [1.807, 2.05) is 10.8 Å². The van der Waals surface area contributed by atoms with E-state index in [0.29, 0.717) is 10.0 Å². The standard InChI is InChI=1S/C17H14BrFN2O3.Na/c18-9-6-11-12(13(19)7-9)8-21(16(11)22)15(17(23)24)10-3-5-20-4-1-2-14(10)20;/h3,5-7,15H,1-2,4,8H2,(H,23,24);/q;+1. The van der Waals surface area contributed by atoms with Gasteiger partial charge in [0.05, 0.1) is 6.54 Å². The number of halogens is 2. The minimum Gasteiger partial charge on any atom is -0.479 e. The number of carboxylic acid groups (broad SMARTS) is 1. The average Bonchev–Trinajstić information content (AvgIpc) is 3.18. The van der Waals surface area contributed by atoms with Gasteiger partial charge in [-0.05, 0) is 31.0 Å². The predicted octanol–water partition coefficient (Wildman–Crippen LogP) is 0.122. The second-order valence-electron chi connectivity index (χ2n) is 6.10. The van der Waals surface area contributed by atoms with E-state index in [2.05, 4.69) is 15.9 Å². The molecule has 0 radical (unpaired) electrons. The number of aliphatic carboxylic acids is 1. The van der Waals surface area contributed by atoms with Gasteiger partial charge in [-0.1, -0.05) is 15.9 Å². The van der Waals surface area contributed by atoms with Crippen molar-refractivity contribution >= 4 is 27.8 Å². The van der Waals surface area contributed by atoms with Gasteiger partial charge in [-0.25, -0.2) is 9.18 Å². The summed E-state index contributed by atoms with van der Waals surface area (Å²) in [5.74, 6) is -2.05. The molecule has 0 bridgehead atoms. The third kappa shape index (κ3) is 2.97. The zero-order chi connectivity index (χ0) is 17.0. The summed E-state index contributed by atoms with van der Waals surface area (Å²) < 4.78 is 16.7. The van der Waals surface area contributed by atoms with Crippen molar-refractivity contribution in [1.29, 1.82) is 0 Å². The normalized spacial score (nSPS) is 16.4. The molecule has 25 heavy (non-hydrogen) atoms. The summed E-state index contributed by atoms with van der Waals surface area (Å²) >= 11 is 3.18. The fraction of sp³-hybridized carbons (Fsp3) is 0.294. The van der Waals surface area contributed by atoms with Crippen LogP contribution >= 0.6 is 15.9 Å². The average molecular weight is 416 g/mol. The number of benzene rings is 1. The maximum atomic E-state index is 14.2. The zero-order valence-electron chi connectivity index (χ0n) is 13.6. The van der Waals surface area contributed by atoms with E-state index in [0.717, 1.165) is 25.1 Å². The maximum absolute atomic E-state index is 14.2. The minimum atomic E-state index is -1.10. The third-order valence-electron chi connectivity index (χ3n) is 4.75. The van der Waals surface area contributed by atoms with Crippen molar-refractivity contribution in [3.05, 3.63) is 57.1 Å². The van der Waals surface area contributed by atoms with Gasteiger partial charge < -0.3 is 14.6 Å². The second kappa shape index (κ2) is 6.87. The van der Waals surface area contributed by atoms with Gasteiger partial charge >= 0.3 is 35.5 Å². The molecule has 2 aliphatic heterocycles. The number of aromatic nitrogens is 1. The molecule has 0 spiro atoms. The number of carbonyl (C=O) groups is 2. The molecule has 5 nitrogen and oxygen atoms in total. The molecule has 0 saturated carbocycles. The Kier molecular flexibility index (Phi) is 5.12. The van der Waals surface area contributed by atoms with Gasteiger partial charge in [-0.2, -0.15) is 0 Å². The number of carboxylic acids is 1. The van der Waals surface area contributed by atoms with Gasteiger partial charge in [0.2, 0.25) is 0 Å². The Labute approximate surface area is 174 Å². The topological polar surface area (TPSA) is 62.5 Å². The van der Waals surface area contributed by atoms with Gasteiger partial charge in [0.1, 0.15) is 5.82 Å². The first-order valence-corrected chi connectivity index (χ1v) is 8.46. The van der Waals surface area contributed by atoms with Crippen molar-refractivity contribution < 1.29 is 48.6 Å². The van der Waals surface area contributed by atoms with Crippen LogP contribution in [-0.4, -0.2) is 26.5 Å². The summed E-state index contributed by atoms with van der Waals surface area (Å²) in [6, 6.07) is 3.50. The number of amides is 1. The molecule has 2 aromatic rings. The molecule has 1 aromatic carbocycles. The van der Waals surface area contributed by atoms with Crippen molar-refractivity contribution in [3.63, 3.8) is 0 Å². The molecule has 3 heterocycles. The number of aryl methyl sites for hydroxylation is 1. The Hall–Kier alpha value is -1.15. The Bertz CT molecular complexity index is 883. The number of nitrogens with zero attached hydrogens (tertiary/aromatic N) is 2. The predicted molar refractivity (Wildman–Crippen MR) is 87.1 cm³/mol. The third-order valence-corrected chi connectivity index (χ3v) is 5.20. The SMILES string of the molecule is O=C(O)C(c1ccn2c1CCC2)N1Cc2c(F)cc(Br)cc2C1=O.[Na+]. The molecule has 1 atom stereocenters. The summed E-state index contributed by atoms with van der Waals surface area (Å²) in [6.45, 7) is 0.826. The largest absolute Gasteiger partial charge is 1.00 e. The fourth-order valence-corrected chi connectivity index (χ4v) is 4.11. The quantitative estimate of drug-likeness (QED) is 0.724. The van der Waals surface area contributed by atoms with Crippen LogP contribution in [0.2, 0.25) is 0 Å². The molecule has 124 valence electrons. The van der Waals surface area contributed by atoms with E-state index in [9.17, 15) is 19.1 Å². The van der Waals surface area contributed by atoms with E-state index in [-0.39, 0.29) is 47.2 Å². The van der Waals surface area contributed by atoms with Gasteiger partial charge in [0, 0.05) is 39.6 Å². The summed E-state index contributed by atoms with van der Waals surface area (Å²) in [7, 11) is 0. The zero-order valence-corrected chi connectivity index (χ0v) is 17.2. The minimum absolute atomic E-state index is 0. The van der Waals surface area contributed by atoms with E-state index in [4.69, 9.17) is 0 Å². The van der Waals surface area contributed by atoms with Crippen molar-refractivity contribution in [2.75, 3.05) is 0 Å². The maximum Gasteiger partial charge on any atom is 1.00 e. The molecular formula is C17H14BrFN2NaO3+. The monoisotopic (exact) mass is 415 g/mol. The first-order chi connectivity index (χ1) is 11.5. The van der Waals surface area contributed by atoms with Crippen molar-refractivity contribution in [3.8, 4) is 0 Å². The summed E-state index contributed by atoms with van der Waals surface area (Å²) in [6.07, 6.45) is 3.62. The molecule has 8 heteroatoms. The van der Waals surface area contributed by atoms with E-state index in [1.165, 1.54) is 11.0 Å². The van der Waals surface area contributed by atoms with Gasteiger partial charge in [0.15, 0.2) is 6.04 Å². The van der Waals surface area contributed by atoms with E-state index >= 15 is 0 Å². The Morgan fingerprint density at radius 2 is 2.12 bits per heavy atom. The Balaban J connectivity index is 0.00000182. The van der Waals surface area contributed by atoms with Gasteiger partial charge in [0.25, 0.3) is 5.91 Å². The van der Waals surface area contributed by atoms with Crippen LogP contribution in [0.1, 0.15) is 39.6 Å². The number of carbonyl (C=O) groups excluding carboxylic acids is 1. The van der Waals surface area contributed by atoms with Crippen LogP contribution in [0, 0.1) is 5.82 Å². The van der Waals surface area contributed by atoms with Crippen LogP contribution in [-0.2, 0) is 24.3 Å². The summed E-state index contributed by atoms with van der Waals surface area (Å²) in [5, 5.41) is 9.75. The van der Waals surface area contributed by atoms with Crippen molar-refractivity contribution in [1.82, 2.24) is 9.47 Å². The first-order valence-electron chi connectivity index (χ1n) is 7.67. The van der Waals surface area contributed by atoms with Crippen LogP contribution in [0.25, 0.3) is 0 Å². The molecule has 2 aliphatic rings. The number of hydrogen-bond donors (Lipinski definition) is 1. The van der Waals surface area contributed by atoms with E-state index in [1.54, 1.807) is 12.1 Å². The van der Waals surface area contributed by atoms with Crippen molar-refractivity contribution in [2.45, 2.75) is 32.0 Å². The fourth-order valence-electron chi connectivity index (χ4n) is 3.68. The van der Waals surface area contributed by atoms with Crippen LogP contribution in [0.15, 0.2) is 28.9 Å².